The van der Waals surface area contributed by atoms with Crippen LogP contribution in [0.1, 0.15) is 65.3 Å². The fraction of sp³-hybridized carbons (Fsp3) is 0.324. The van der Waals surface area contributed by atoms with Crippen molar-refractivity contribution in [2.75, 3.05) is 15.1 Å². The third kappa shape index (κ3) is 4.20. The average molecular weight is 624 g/mol. The van der Waals surface area contributed by atoms with Crippen LogP contribution in [0.3, 0.4) is 0 Å². The molecule has 4 amide bonds. The third-order valence-corrected chi connectivity index (χ3v) is 9.31. The monoisotopic (exact) mass is 623 g/mol. The zero-order valence-electron chi connectivity index (χ0n) is 25.2. The third-order valence-electron chi connectivity index (χ3n) is 9.31. The standard InChI is InChI=1S/C34H33N5O7/c1-18(2)17-25-33(45)39-24-14-8-4-10-20(24)28(34(39,46)38(25)26(40)15-16-27(41)42)29-30-35-22-12-6-3-9-19(22)32(44)37(30)23-13-7-5-11-21(23)31(43)36-29/h3-14,18,25,28-30,35,46H,15-17H2,1-2H3,(H,36,43)(H,41,42). The van der Waals surface area contributed by atoms with Gasteiger partial charge >= 0.3 is 5.97 Å². The number of aliphatic hydroxyl groups is 1. The molecule has 4 aliphatic heterocycles. The molecule has 12 nitrogen and oxygen atoms in total. The molecule has 0 spiro atoms. The number of carbonyl (C=O) groups is 5. The molecule has 4 heterocycles. The average Bonchev–Trinajstić information content (AvgIpc) is 3.36. The highest BCUT2D eigenvalue weighted by molar-refractivity contribution is 6.16. The predicted molar refractivity (Wildman–Crippen MR) is 167 cm³/mol. The second-order valence-electron chi connectivity index (χ2n) is 12.5. The molecule has 0 saturated carbocycles. The first-order chi connectivity index (χ1) is 22.0. The molecule has 5 unspecified atom stereocenters. The minimum absolute atomic E-state index is 0.0576. The summed E-state index contributed by atoms with van der Waals surface area (Å²) in [4.78, 5) is 71.8. The van der Waals surface area contributed by atoms with Gasteiger partial charge < -0.3 is 20.8 Å². The van der Waals surface area contributed by atoms with E-state index in [9.17, 15) is 34.2 Å². The minimum atomic E-state index is -2.34. The van der Waals surface area contributed by atoms with Gasteiger partial charge in [-0.2, -0.15) is 0 Å². The van der Waals surface area contributed by atoms with E-state index < -0.39 is 66.5 Å². The molecular weight excluding hydrogens is 590 g/mol. The van der Waals surface area contributed by atoms with Crippen LogP contribution in [0.4, 0.5) is 17.1 Å². The van der Waals surface area contributed by atoms with Crippen LogP contribution in [0.2, 0.25) is 0 Å². The number of nitrogens with one attached hydrogen (secondary N) is 2. The van der Waals surface area contributed by atoms with E-state index in [1.165, 1.54) is 9.80 Å². The van der Waals surface area contributed by atoms with Gasteiger partial charge in [0.15, 0.2) is 0 Å². The second kappa shape index (κ2) is 10.7. The van der Waals surface area contributed by atoms with Gasteiger partial charge in [-0.1, -0.05) is 56.3 Å². The molecule has 46 heavy (non-hydrogen) atoms. The summed E-state index contributed by atoms with van der Waals surface area (Å²) >= 11 is 0. The van der Waals surface area contributed by atoms with Crippen LogP contribution in [0, 0.1) is 5.92 Å². The van der Waals surface area contributed by atoms with Crippen molar-refractivity contribution in [1.29, 1.82) is 0 Å². The number of aliphatic carboxylic acids is 1. The zero-order valence-corrected chi connectivity index (χ0v) is 25.2. The van der Waals surface area contributed by atoms with Gasteiger partial charge in [0.1, 0.15) is 12.2 Å². The highest BCUT2D eigenvalue weighted by atomic mass is 16.4. The summed E-state index contributed by atoms with van der Waals surface area (Å²) in [6, 6.07) is 18.4. The van der Waals surface area contributed by atoms with Gasteiger partial charge in [0.25, 0.3) is 17.7 Å². The van der Waals surface area contributed by atoms with Crippen molar-refractivity contribution >= 4 is 46.7 Å². The van der Waals surface area contributed by atoms with Crippen LogP contribution >= 0.6 is 0 Å². The number of anilines is 3. The van der Waals surface area contributed by atoms with E-state index in [0.29, 0.717) is 28.2 Å². The Morgan fingerprint density at radius 3 is 2.24 bits per heavy atom. The highest BCUT2D eigenvalue weighted by Gasteiger charge is 2.69. The molecule has 0 aromatic heterocycles. The first-order valence-electron chi connectivity index (χ1n) is 15.3. The molecule has 1 saturated heterocycles. The summed E-state index contributed by atoms with van der Waals surface area (Å²) in [5, 5.41) is 28.9. The Hall–Kier alpha value is -5.23. The number of rotatable bonds is 6. The number of benzene rings is 3. The molecule has 3 aromatic carbocycles. The van der Waals surface area contributed by atoms with Crippen molar-refractivity contribution in [2.24, 2.45) is 5.92 Å². The van der Waals surface area contributed by atoms with Crippen molar-refractivity contribution in [3.8, 4) is 0 Å². The maximum atomic E-state index is 14.3. The van der Waals surface area contributed by atoms with E-state index in [-0.39, 0.29) is 23.8 Å². The number of nitrogens with zero attached hydrogens (tertiary/aromatic N) is 3. The van der Waals surface area contributed by atoms with E-state index in [2.05, 4.69) is 10.6 Å². The maximum absolute atomic E-state index is 14.3. The number of amides is 4. The molecule has 3 aromatic rings. The topological polar surface area (TPSA) is 160 Å². The van der Waals surface area contributed by atoms with Crippen LogP contribution in [0.25, 0.3) is 0 Å². The van der Waals surface area contributed by atoms with E-state index in [1.54, 1.807) is 72.8 Å². The van der Waals surface area contributed by atoms with Crippen LogP contribution in [-0.2, 0) is 14.4 Å². The number of hydrogen-bond acceptors (Lipinski definition) is 7. The highest BCUT2D eigenvalue weighted by Crippen LogP contribution is 2.56. The Morgan fingerprint density at radius 1 is 0.870 bits per heavy atom. The van der Waals surface area contributed by atoms with E-state index >= 15 is 0 Å². The molecular formula is C34H33N5O7. The molecule has 0 aliphatic carbocycles. The van der Waals surface area contributed by atoms with Crippen LogP contribution < -0.4 is 20.4 Å². The molecule has 12 heteroatoms. The predicted octanol–water partition coefficient (Wildman–Crippen LogP) is 3.10. The summed E-state index contributed by atoms with van der Waals surface area (Å²) in [6.07, 6.45) is -1.69. The van der Waals surface area contributed by atoms with E-state index in [0.717, 1.165) is 4.90 Å². The second-order valence-corrected chi connectivity index (χ2v) is 12.5. The lowest BCUT2D eigenvalue weighted by Gasteiger charge is -2.47. The molecule has 4 N–H and O–H groups in total. The van der Waals surface area contributed by atoms with Crippen LogP contribution in [0.15, 0.2) is 72.8 Å². The quantitative estimate of drug-likeness (QED) is 0.326. The summed E-state index contributed by atoms with van der Waals surface area (Å²) in [5.41, 5.74) is 2.39. The number of fused-ring (bicyclic) bond motifs is 7. The van der Waals surface area contributed by atoms with E-state index in [4.69, 9.17) is 0 Å². The summed E-state index contributed by atoms with van der Waals surface area (Å²) < 4.78 is 0. The Morgan fingerprint density at radius 2 is 1.52 bits per heavy atom. The Balaban J connectivity index is 1.44. The van der Waals surface area contributed by atoms with Gasteiger partial charge in [0.2, 0.25) is 11.8 Å². The van der Waals surface area contributed by atoms with Crippen molar-refractivity contribution in [1.82, 2.24) is 10.2 Å². The van der Waals surface area contributed by atoms with Gasteiger partial charge in [-0.05, 0) is 48.2 Å². The number of carboxylic acid groups (broad SMARTS) is 1. The lowest BCUT2D eigenvalue weighted by atomic mass is 9.84. The molecule has 0 bridgehead atoms. The number of para-hydroxylation sites is 3. The Labute approximate surface area is 264 Å². The maximum Gasteiger partial charge on any atom is 0.303 e. The van der Waals surface area contributed by atoms with Crippen molar-refractivity contribution in [2.45, 2.75) is 63.1 Å². The summed E-state index contributed by atoms with van der Waals surface area (Å²) in [7, 11) is 0. The lowest BCUT2D eigenvalue weighted by Crippen LogP contribution is -2.67. The Bertz CT molecular complexity index is 1810. The first-order valence-corrected chi connectivity index (χ1v) is 15.3. The smallest absolute Gasteiger partial charge is 0.303 e. The van der Waals surface area contributed by atoms with Gasteiger partial charge in [-0.3, -0.25) is 38.7 Å². The number of carboxylic acids is 1. The minimum Gasteiger partial charge on any atom is -0.481 e. The molecule has 0 radical (unpaired) electrons. The normalized spacial score (nSPS) is 26.0. The number of carbonyl (C=O) groups excluding carboxylic acids is 4. The summed E-state index contributed by atoms with van der Waals surface area (Å²) in [5.74, 6) is -6.82. The fourth-order valence-corrected chi connectivity index (χ4v) is 7.52. The largest absolute Gasteiger partial charge is 0.481 e. The van der Waals surface area contributed by atoms with Gasteiger partial charge in [-0.25, -0.2) is 0 Å². The SMILES string of the molecule is CC(C)CC1C(=O)N2c3ccccc3C(C3NC(=O)c4ccccc4N4C(=O)c5ccccc5NC34)C2(O)N1C(=O)CCC(=O)O. The van der Waals surface area contributed by atoms with Crippen molar-refractivity contribution < 1.29 is 34.2 Å². The van der Waals surface area contributed by atoms with Gasteiger partial charge in [-0.15, -0.1) is 0 Å². The molecule has 4 aliphatic rings. The van der Waals surface area contributed by atoms with Crippen LogP contribution in [0.5, 0.6) is 0 Å². The molecule has 7 rings (SSSR count). The number of hydrogen-bond donors (Lipinski definition) is 4. The first kappa shape index (κ1) is 29.5. The molecule has 1 fully saturated rings. The lowest BCUT2D eigenvalue weighted by molar-refractivity contribution is -0.163. The van der Waals surface area contributed by atoms with Gasteiger partial charge in [0, 0.05) is 12.1 Å². The van der Waals surface area contributed by atoms with Gasteiger partial charge in [0.05, 0.1) is 40.9 Å². The van der Waals surface area contributed by atoms with Crippen molar-refractivity contribution in [3.63, 3.8) is 0 Å². The van der Waals surface area contributed by atoms with E-state index in [1.807, 2.05) is 13.8 Å². The van der Waals surface area contributed by atoms with Crippen molar-refractivity contribution in [3.05, 3.63) is 89.5 Å². The summed E-state index contributed by atoms with van der Waals surface area (Å²) in [6.45, 7) is 3.78. The molecule has 5 atom stereocenters. The zero-order chi connectivity index (χ0) is 32.5. The van der Waals surface area contributed by atoms with Crippen LogP contribution in [-0.4, -0.2) is 68.8 Å². The Kier molecular flexibility index (Phi) is 6.85. The molecule has 236 valence electrons. The fourth-order valence-electron chi connectivity index (χ4n) is 7.52.